The third-order valence-corrected chi connectivity index (χ3v) is 3.83. The number of rotatable bonds is 8. The zero-order chi connectivity index (χ0) is 15.0. The van der Waals surface area contributed by atoms with Gasteiger partial charge in [-0.15, -0.1) is 0 Å². The van der Waals surface area contributed by atoms with Gasteiger partial charge in [0.15, 0.2) is 0 Å². The van der Waals surface area contributed by atoms with E-state index in [1.807, 2.05) is 13.8 Å². The number of hydrogen-bond acceptors (Lipinski definition) is 4. The van der Waals surface area contributed by atoms with E-state index < -0.39 is 5.54 Å². The normalized spacial score (nSPS) is 17.4. The van der Waals surface area contributed by atoms with Crippen LogP contribution < -0.4 is 10.6 Å². The minimum atomic E-state index is -0.444. The topological polar surface area (TPSA) is 53.6 Å². The summed E-state index contributed by atoms with van der Waals surface area (Å²) in [7, 11) is 0. The molecule has 0 atom stereocenters. The van der Waals surface area contributed by atoms with Crippen molar-refractivity contribution in [1.29, 1.82) is 0 Å². The third-order valence-electron chi connectivity index (χ3n) is 3.83. The molecule has 2 N–H and O–H groups in total. The Morgan fingerprint density at radius 2 is 1.95 bits per heavy atom. The molecule has 0 radical (unpaired) electrons. The second-order valence-electron chi connectivity index (χ2n) is 6.35. The Labute approximate surface area is 123 Å². The van der Waals surface area contributed by atoms with Crippen LogP contribution >= 0.6 is 0 Å². The van der Waals surface area contributed by atoms with Gasteiger partial charge in [-0.1, -0.05) is 13.8 Å². The number of nitrogens with one attached hydrogen (secondary N) is 2. The average molecular weight is 285 g/mol. The fourth-order valence-electron chi connectivity index (χ4n) is 2.24. The SMILES string of the molecule is CC(C)CCOCCNC(=O)C(C)(C)N1CCNCC1. The summed E-state index contributed by atoms with van der Waals surface area (Å²) < 4.78 is 5.51. The first-order chi connectivity index (χ1) is 9.44. The Bertz CT molecular complexity index is 287. The zero-order valence-electron chi connectivity index (χ0n) is 13.5. The van der Waals surface area contributed by atoms with Gasteiger partial charge in [0.2, 0.25) is 5.91 Å². The lowest BCUT2D eigenvalue weighted by molar-refractivity contribution is -0.132. The molecule has 1 aliphatic heterocycles. The lowest BCUT2D eigenvalue weighted by Gasteiger charge is -2.39. The van der Waals surface area contributed by atoms with Crippen molar-refractivity contribution >= 4 is 5.91 Å². The van der Waals surface area contributed by atoms with Crippen LogP contribution in [-0.2, 0) is 9.53 Å². The maximum absolute atomic E-state index is 12.3. The van der Waals surface area contributed by atoms with Gasteiger partial charge in [0, 0.05) is 39.3 Å². The van der Waals surface area contributed by atoms with Crippen molar-refractivity contribution in [2.45, 2.75) is 39.7 Å². The number of amides is 1. The van der Waals surface area contributed by atoms with Crippen LogP contribution in [0.5, 0.6) is 0 Å². The Morgan fingerprint density at radius 3 is 2.55 bits per heavy atom. The molecule has 0 unspecified atom stereocenters. The van der Waals surface area contributed by atoms with Crippen LogP contribution in [0.1, 0.15) is 34.1 Å². The number of carbonyl (C=O) groups is 1. The molecular weight excluding hydrogens is 254 g/mol. The summed E-state index contributed by atoms with van der Waals surface area (Å²) in [6.45, 7) is 14.1. The van der Waals surface area contributed by atoms with E-state index in [1.165, 1.54) is 0 Å². The van der Waals surface area contributed by atoms with Crippen LogP contribution in [0.2, 0.25) is 0 Å². The molecule has 0 bridgehead atoms. The van der Waals surface area contributed by atoms with Crippen molar-refractivity contribution in [3.05, 3.63) is 0 Å². The number of nitrogens with zero attached hydrogens (tertiary/aromatic N) is 1. The molecule has 1 rings (SSSR count). The molecule has 1 saturated heterocycles. The highest BCUT2D eigenvalue weighted by Crippen LogP contribution is 2.14. The Kier molecular flexibility index (Phi) is 7.48. The third kappa shape index (κ3) is 5.77. The van der Waals surface area contributed by atoms with Gasteiger partial charge in [0.05, 0.1) is 12.1 Å². The molecule has 0 aromatic carbocycles. The molecule has 1 amide bonds. The minimum Gasteiger partial charge on any atom is -0.380 e. The van der Waals surface area contributed by atoms with E-state index in [9.17, 15) is 4.79 Å². The summed E-state index contributed by atoms with van der Waals surface area (Å²) in [5.41, 5.74) is -0.444. The Morgan fingerprint density at radius 1 is 1.30 bits per heavy atom. The second-order valence-corrected chi connectivity index (χ2v) is 6.35. The molecule has 0 aromatic heterocycles. The predicted octanol–water partition coefficient (Wildman–Crippen LogP) is 0.849. The first-order valence-corrected chi connectivity index (χ1v) is 7.76. The summed E-state index contributed by atoms with van der Waals surface area (Å²) in [5, 5.41) is 6.29. The van der Waals surface area contributed by atoms with E-state index in [4.69, 9.17) is 4.74 Å². The number of carbonyl (C=O) groups excluding carboxylic acids is 1. The van der Waals surface area contributed by atoms with E-state index in [-0.39, 0.29) is 5.91 Å². The number of ether oxygens (including phenoxy) is 1. The highest BCUT2D eigenvalue weighted by atomic mass is 16.5. The average Bonchev–Trinajstić information content (AvgIpc) is 2.43. The van der Waals surface area contributed by atoms with Crippen molar-refractivity contribution in [3.63, 3.8) is 0 Å². The van der Waals surface area contributed by atoms with Gasteiger partial charge >= 0.3 is 0 Å². The summed E-state index contributed by atoms with van der Waals surface area (Å²) in [6, 6.07) is 0. The lowest BCUT2D eigenvalue weighted by Crippen LogP contribution is -2.60. The van der Waals surface area contributed by atoms with Crippen LogP contribution in [0.15, 0.2) is 0 Å². The minimum absolute atomic E-state index is 0.0897. The van der Waals surface area contributed by atoms with E-state index >= 15 is 0 Å². The van der Waals surface area contributed by atoms with Gasteiger partial charge in [-0.3, -0.25) is 9.69 Å². The fraction of sp³-hybridized carbons (Fsp3) is 0.933. The van der Waals surface area contributed by atoms with E-state index in [0.717, 1.165) is 39.2 Å². The molecule has 1 heterocycles. The van der Waals surface area contributed by atoms with Crippen molar-refractivity contribution < 1.29 is 9.53 Å². The van der Waals surface area contributed by atoms with Crippen LogP contribution in [0.25, 0.3) is 0 Å². The molecule has 5 heteroatoms. The molecule has 118 valence electrons. The number of hydrogen-bond donors (Lipinski definition) is 2. The molecule has 20 heavy (non-hydrogen) atoms. The van der Waals surface area contributed by atoms with Gasteiger partial charge in [-0.05, 0) is 26.2 Å². The standard InChI is InChI=1S/C15H31N3O2/c1-13(2)5-11-20-12-8-17-14(19)15(3,4)18-9-6-16-7-10-18/h13,16H,5-12H2,1-4H3,(H,17,19). The largest absolute Gasteiger partial charge is 0.380 e. The van der Waals surface area contributed by atoms with Crippen LogP contribution in [-0.4, -0.2) is 62.3 Å². The van der Waals surface area contributed by atoms with Gasteiger partial charge in [0.25, 0.3) is 0 Å². The van der Waals surface area contributed by atoms with E-state index in [0.29, 0.717) is 19.1 Å². The highest BCUT2D eigenvalue weighted by Gasteiger charge is 2.34. The summed E-state index contributed by atoms with van der Waals surface area (Å²) in [6.07, 6.45) is 1.07. The van der Waals surface area contributed by atoms with Crippen LogP contribution in [0.3, 0.4) is 0 Å². The van der Waals surface area contributed by atoms with Gasteiger partial charge < -0.3 is 15.4 Å². The Balaban J connectivity index is 2.20. The Hall–Kier alpha value is -0.650. The monoisotopic (exact) mass is 285 g/mol. The predicted molar refractivity (Wildman–Crippen MR) is 81.8 cm³/mol. The molecule has 0 aromatic rings. The van der Waals surface area contributed by atoms with Gasteiger partial charge in [-0.2, -0.15) is 0 Å². The summed E-state index contributed by atoms with van der Waals surface area (Å²) in [4.78, 5) is 14.5. The molecule has 0 saturated carbocycles. The summed E-state index contributed by atoms with van der Waals surface area (Å²) in [5.74, 6) is 0.753. The first-order valence-electron chi connectivity index (χ1n) is 7.76. The van der Waals surface area contributed by atoms with Crippen molar-refractivity contribution in [3.8, 4) is 0 Å². The lowest BCUT2D eigenvalue weighted by atomic mass is 10.0. The first kappa shape index (κ1) is 17.4. The van der Waals surface area contributed by atoms with Crippen molar-refractivity contribution in [1.82, 2.24) is 15.5 Å². The number of piperazine rings is 1. The van der Waals surface area contributed by atoms with E-state index in [1.54, 1.807) is 0 Å². The molecule has 5 nitrogen and oxygen atoms in total. The summed E-state index contributed by atoms with van der Waals surface area (Å²) >= 11 is 0. The molecule has 0 aliphatic carbocycles. The molecular formula is C15H31N3O2. The van der Waals surface area contributed by atoms with Gasteiger partial charge in [-0.25, -0.2) is 0 Å². The quantitative estimate of drug-likeness (QED) is 0.649. The van der Waals surface area contributed by atoms with Crippen molar-refractivity contribution in [2.75, 3.05) is 45.9 Å². The molecule has 1 fully saturated rings. The molecule has 0 spiro atoms. The smallest absolute Gasteiger partial charge is 0.240 e. The van der Waals surface area contributed by atoms with E-state index in [2.05, 4.69) is 29.4 Å². The van der Waals surface area contributed by atoms with Crippen LogP contribution in [0, 0.1) is 5.92 Å². The van der Waals surface area contributed by atoms with Gasteiger partial charge in [0.1, 0.15) is 0 Å². The zero-order valence-corrected chi connectivity index (χ0v) is 13.5. The van der Waals surface area contributed by atoms with Crippen LogP contribution in [0.4, 0.5) is 0 Å². The van der Waals surface area contributed by atoms with Crippen molar-refractivity contribution in [2.24, 2.45) is 5.92 Å². The highest BCUT2D eigenvalue weighted by molar-refractivity contribution is 5.85. The molecule has 1 aliphatic rings. The maximum atomic E-state index is 12.3. The fourth-order valence-corrected chi connectivity index (χ4v) is 2.24. The second kappa shape index (κ2) is 8.60. The maximum Gasteiger partial charge on any atom is 0.240 e.